The Balaban J connectivity index is 1.73. The summed E-state index contributed by atoms with van der Waals surface area (Å²) >= 11 is 1.30. The average Bonchev–Trinajstić information content (AvgIpc) is 3.23. The summed E-state index contributed by atoms with van der Waals surface area (Å²) in [4.78, 5) is 27.4. The number of carbonyl (C=O) groups excluding carboxylic acids is 2. The van der Waals surface area contributed by atoms with Gasteiger partial charge in [0.1, 0.15) is 4.88 Å². The molecule has 5 heteroatoms. The van der Waals surface area contributed by atoms with E-state index >= 15 is 0 Å². The van der Waals surface area contributed by atoms with E-state index in [1.807, 2.05) is 60.7 Å². The van der Waals surface area contributed by atoms with E-state index in [4.69, 9.17) is 4.74 Å². The summed E-state index contributed by atoms with van der Waals surface area (Å²) in [6.07, 6.45) is -0.855. The molecule has 0 unspecified atom stereocenters. The third kappa shape index (κ3) is 5.28. The summed E-state index contributed by atoms with van der Waals surface area (Å²) < 4.78 is 5.39. The number of nitrogens with zero attached hydrogens (tertiary/aromatic N) is 1. The first-order valence-corrected chi connectivity index (χ1v) is 9.62. The Morgan fingerprint density at radius 3 is 1.93 bits per heavy atom. The number of hydrogen-bond donors (Lipinski definition) is 0. The van der Waals surface area contributed by atoms with E-state index in [9.17, 15) is 9.59 Å². The first-order valence-electron chi connectivity index (χ1n) is 8.74. The lowest BCUT2D eigenvalue weighted by Crippen LogP contribution is -2.39. The number of thiophene rings is 1. The number of rotatable bonds is 7. The molecule has 3 rings (SSSR count). The molecule has 0 radical (unpaired) electrons. The van der Waals surface area contributed by atoms with Crippen molar-refractivity contribution in [1.29, 1.82) is 0 Å². The van der Waals surface area contributed by atoms with Crippen molar-refractivity contribution in [2.24, 2.45) is 0 Å². The predicted molar refractivity (Wildman–Crippen MR) is 106 cm³/mol. The van der Waals surface area contributed by atoms with Gasteiger partial charge < -0.3 is 9.64 Å². The summed E-state index contributed by atoms with van der Waals surface area (Å²) in [5.74, 6) is -0.683. The topological polar surface area (TPSA) is 46.6 Å². The molecule has 0 aliphatic heterocycles. The molecule has 1 atom stereocenters. The summed E-state index contributed by atoms with van der Waals surface area (Å²) in [6, 6.07) is 23.1. The van der Waals surface area contributed by atoms with Gasteiger partial charge in [-0.15, -0.1) is 11.3 Å². The second kappa shape index (κ2) is 9.14. The van der Waals surface area contributed by atoms with Crippen LogP contribution in [0.1, 0.15) is 27.7 Å². The Bertz CT molecular complexity index is 822. The third-order valence-electron chi connectivity index (χ3n) is 4.10. The summed E-state index contributed by atoms with van der Waals surface area (Å²) in [6.45, 7) is 2.53. The number of carbonyl (C=O) groups is 2. The average molecular weight is 379 g/mol. The third-order valence-corrected chi connectivity index (χ3v) is 4.95. The van der Waals surface area contributed by atoms with E-state index in [1.54, 1.807) is 29.3 Å². The molecule has 0 aliphatic carbocycles. The van der Waals surface area contributed by atoms with Crippen molar-refractivity contribution in [3.05, 3.63) is 94.2 Å². The van der Waals surface area contributed by atoms with Crippen LogP contribution in [0.3, 0.4) is 0 Å². The number of ether oxygens (including phenoxy) is 1. The molecule has 0 aliphatic rings. The second-order valence-electron chi connectivity index (χ2n) is 6.19. The highest BCUT2D eigenvalue weighted by atomic mass is 32.1. The Morgan fingerprint density at radius 1 is 0.889 bits per heavy atom. The fourth-order valence-electron chi connectivity index (χ4n) is 2.74. The molecule has 0 saturated carbocycles. The maximum atomic E-state index is 13.0. The maximum absolute atomic E-state index is 13.0. The lowest BCUT2D eigenvalue weighted by Gasteiger charge is -2.26. The fraction of sp³-hybridized carbons (Fsp3) is 0.182. The van der Waals surface area contributed by atoms with Crippen LogP contribution in [-0.4, -0.2) is 22.9 Å². The van der Waals surface area contributed by atoms with E-state index in [-0.39, 0.29) is 5.91 Å². The van der Waals surface area contributed by atoms with Crippen LogP contribution in [0.5, 0.6) is 0 Å². The fourth-order valence-corrected chi connectivity index (χ4v) is 3.35. The molecule has 3 aromatic rings. The van der Waals surface area contributed by atoms with Crippen molar-refractivity contribution in [3.63, 3.8) is 0 Å². The molecular weight excluding hydrogens is 358 g/mol. The van der Waals surface area contributed by atoms with Crippen molar-refractivity contribution in [3.8, 4) is 0 Å². The van der Waals surface area contributed by atoms with Crippen LogP contribution in [0.4, 0.5) is 0 Å². The SMILES string of the molecule is C[C@@H](OC(=O)c1cccs1)C(=O)N(Cc1ccccc1)Cc1ccccc1. The zero-order chi connectivity index (χ0) is 19.1. The minimum absolute atomic E-state index is 0.215. The van der Waals surface area contributed by atoms with E-state index < -0.39 is 12.1 Å². The van der Waals surface area contributed by atoms with E-state index in [0.29, 0.717) is 18.0 Å². The van der Waals surface area contributed by atoms with Crippen molar-refractivity contribution >= 4 is 23.2 Å². The number of benzene rings is 2. The van der Waals surface area contributed by atoms with E-state index in [0.717, 1.165) is 11.1 Å². The minimum Gasteiger partial charge on any atom is -0.448 e. The smallest absolute Gasteiger partial charge is 0.349 e. The van der Waals surface area contributed by atoms with Gasteiger partial charge in [0.15, 0.2) is 6.10 Å². The summed E-state index contributed by atoms with van der Waals surface area (Å²) in [7, 11) is 0. The van der Waals surface area contributed by atoms with Crippen molar-refractivity contribution < 1.29 is 14.3 Å². The van der Waals surface area contributed by atoms with Gasteiger partial charge in [0.2, 0.25) is 0 Å². The predicted octanol–water partition coefficient (Wildman–Crippen LogP) is 4.52. The van der Waals surface area contributed by atoms with Crippen LogP contribution in [0, 0.1) is 0 Å². The monoisotopic (exact) mass is 379 g/mol. The van der Waals surface area contributed by atoms with Crippen molar-refractivity contribution in [1.82, 2.24) is 4.90 Å². The first kappa shape index (κ1) is 18.9. The molecule has 2 aromatic carbocycles. The Labute approximate surface area is 163 Å². The highest BCUT2D eigenvalue weighted by molar-refractivity contribution is 7.11. The highest BCUT2D eigenvalue weighted by Crippen LogP contribution is 2.15. The zero-order valence-electron chi connectivity index (χ0n) is 15.1. The van der Waals surface area contributed by atoms with Gasteiger partial charge >= 0.3 is 5.97 Å². The Kier molecular flexibility index (Phi) is 6.39. The standard InChI is InChI=1S/C22H21NO3S/c1-17(26-22(25)20-13-8-14-27-20)21(24)23(15-18-9-4-2-5-10-18)16-19-11-6-3-7-12-19/h2-14,17H,15-16H2,1H3/t17-/m1/s1. The van der Waals surface area contributed by atoms with Gasteiger partial charge in [0, 0.05) is 13.1 Å². The molecule has 1 amide bonds. The van der Waals surface area contributed by atoms with Gasteiger partial charge in [-0.25, -0.2) is 4.79 Å². The van der Waals surface area contributed by atoms with Gasteiger partial charge in [0.05, 0.1) is 0 Å². The Morgan fingerprint density at radius 2 is 1.44 bits per heavy atom. The van der Waals surface area contributed by atoms with Crippen LogP contribution < -0.4 is 0 Å². The molecule has 1 aromatic heterocycles. The molecule has 0 fully saturated rings. The van der Waals surface area contributed by atoms with Crippen LogP contribution in [-0.2, 0) is 22.6 Å². The second-order valence-corrected chi connectivity index (χ2v) is 7.14. The highest BCUT2D eigenvalue weighted by Gasteiger charge is 2.25. The van der Waals surface area contributed by atoms with Crippen LogP contribution in [0.25, 0.3) is 0 Å². The lowest BCUT2D eigenvalue weighted by atomic mass is 10.1. The van der Waals surface area contributed by atoms with Crippen molar-refractivity contribution in [2.45, 2.75) is 26.1 Å². The van der Waals surface area contributed by atoms with Crippen LogP contribution >= 0.6 is 11.3 Å². The summed E-state index contributed by atoms with van der Waals surface area (Å²) in [5.41, 5.74) is 2.05. The largest absolute Gasteiger partial charge is 0.448 e. The number of hydrogen-bond acceptors (Lipinski definition) is 4. The lowest BCUT2D eigenvalue weighted by molar-refractivity contribution is -0.141. The molecule has 0 N–H and O–H groups in total. The maximum Gasteiger partial charge on any atom is 0.349 e. The van der Waals surface area contributed by atoms with Gasteiger partial charge in [-0.1, -0.05) is 66.7 Å². The quantitative estimate of drug-likeness (QED) is 0.567. The van der Waals surface area contributed by atoms with Gasteiger partial charge in [-0.2, -0.15) is 0 Å². The Hall–Kier alpha value is -2.92. The molecule has 27 heavy (non-hydrogen) atoms. The molecule has 4 nitrogen and oxygen atoms in total. The molecule has 138 valence electrons. The normalized spacial score (nSPS) is 11.6. The number of amides is 1. The molecular formula is C22H21NO3S. The van der Waals surface area contributed by atoms with Crippen LogP contribution in [0.2, 0.25) is 0 Å². The minimum atomic E-state index is -0.855. The van der Waals surface area contributed by atoms with Gasteiger partial charge in [0.25, 0.3) is 5.91 Å². The zero-order valence-corrected chi connectivity index (χ0v) is 15.9. The van der Waals surface area contributed by atoms with E-state index in [1.165, 1.54) is 11.3 Å². The number of esters is 1. The van der Waals surface area contributed by atoms with Crippen molar-refractivity contribution in [2.75, 3.05) is 0 Å². The molecule has 0 saturated heterocycles. The summed E-state index contributed by atoms with van der Waals surface area (Å²) in [5, 5.41) is 1.81. The first-order chi connectivity index (χ1) is 13.1. The van der Waals surface area contributed by atoms with Crippen LogP contribution in [0.15, 0.2) is 78.2 Å². The van der Waals surface area contributed by atoms with E-state index in [2.05, 4.69) is 0 Å². The molecule has 0 spiro atoms. The van der Waals surface area contributed by atoms with Gasteiger partial charge in [-0.05, 0) is 29.5 Å². The molecule has 1 heterocycles. The van der Waals surface area contributed by atoms with Gasteiger partial charge in [-0.3, -0.25) is 4.79 Å². The molecule has 0 bridgehead atoms.